The van der Waals surface area contributed by atoms with Gasteiger partial charge in [-0.1, -0.05) is 66.3 Å². The first-order valence-corrected chi connectivity index (χ1v) is 13.3. The van der Waals surface area contributed by atoms with E-state index < -0.39 is 23.7 Å². The van der Waals surface area contributed by atoms with E-state index in [4.69, 9.17) is 0 Å². The average molecular weight is 520 g/mol. The van der Waals surface area contributed by atoms with Gasteiger partial charge in [-0.3, -0.25) is 24.1 Å². The van der Waals surface area contributed by atoms with Gasteiger partial charge in [-0.2, -0.15) is 0 Å². The number of ketones is 2. The minimum atomic E-state index is -0.671. The molecule has 1 heterocycles. The van der Waals surface area contributed by atoms with E-state index in [1.807, 2.05) is 42.5 Å². The number of fused-ring (bicyclic) bond motifs is 3. The Hall–Kier alpha value is -4.32. The average Bonchev–Trinajstić information content (AvgIpc) is 3.17. The van der Waals surface area contributed by atoms with E-state index in [9.17, 15) is 24.3 Å². The number of nitrogens with zero attached hydrogens (tertiary/aromatic N) is 1. The summed E-state index contributed by atoms with van der Waals surface area (Å²) in [5.41, 5.74) is 4.03. The molecule has 0 aromatic heterocycles. The number of Topliss-reactive ketones (excluding diaryl/α,β-unsaturated/α-hetero) is 1. The summed E-state index contributed by atoms with van der Waals surface area (Å²) in [7, 11) is 0. The molecule has 1 aliphatic heterocycles. The standard InChI is InChI=1S/C33H29NO5/c1-3-8-20-11-7-12-22(31(20)37)27-21-13-14-23-28(24(21)16-25-26(35)15-18(2)30(36)29(25)27)33(39)34(32(23)38)17-19-9-5-4-6-10-19/h3-7,9-13,15,23-24,27-28,37H,1,8,14,16-17H2,2H3. The zero-order chi connectivity index (χ0) is 27.4. The molecule has 1 saturated heterocycles. The monoisotopic (exact) mass is 519 g/mol. The zero-order valence-corrected chi connectivity index (χ0v) is 21.7. The normalized spacial score (nSPS) is 26.1. The van der Waals surface area contributed by atoms with Gasteiger partial charge in [-0.05, 0) is 49.3 Å². The Bertz CT molecular complexity index is 1540. The van der Waals surface area contributed by atoms with E-state index in [1.165, 1.54) is 11.0 Å². The van der Waals surface area contributed by atoms with Gasteiger partial charge in [0.2, 0.25) is 11.8 Å². The first-order valence-electron chi connectivity index (χ1n) is 13.3. The van der Waals surface area contributed by atoms with Crippen molar-refractivity contribution >= 4 is 23.4 Å². The highest BCUT2D eigenvalue weighted by Crippen LogP contribution is 2.56. The van der Waals surface area contributed by atoms with Crippen molar-refractivity contribution in [2.24, 2.45) is 17.8 Å². The first kappa shape index (κ1) is 25.0. The van der Waals surface area contributed by atoms with Gasteiger partial charge in [0.15, 0.2) is 11.6 Å². The van der Waals surface area contributed by atoms with Crippen molar-refractivity contribution in [2.75, 3.05) is 0 Å². The molecular weight excluding hydrogens is 490 g/mol. The molecule has 1 N–H and O–H groups in total. The maximum atomic E-state index is 13.9. The number of carbonyl (C=O) groups is 4. The van der Waals surface area contributed by atoms with Gasteiger partial charge in [0.25, 0.3) is 0 Å². The Kier molecular flexibility index (Phi) is 6.06. The van der Waals surface area contributed by atoms with E-state index in [-0.39, 0.29) is 42.1 Å². The van der Waals surface area contributed by atoms with Crippen molar-refractivity contribution < 1.29 is 24.3 Å². The van der Waals surface area contributed by atoms with Gasteiger partial charge in [-0.15, -0.1) is 6.58 Å². The number of rotatable bonds is 5. The summed E-state index contributed by atoms with van der Waals surface area (Å²) in [4.78, 5) is 55.5. The van der Waals surface area contributed by atoms with Gasteiger partial charge < -0.3 is 5.11 Å². The third kappa shape index (κ3) is 3.85. The van der Waals surface area contributed by atoms with Crippen molar-refractivity contribution in [1.82, 2.24) is 4.90 Å². The molecule has 4 atom stereocenters. The van der Waals surface area contributed by atoms with Gasteiger partial charge in [0, 0.05) is 28.2 Å². The van der Waals surface area contributed by atoms with Gasteiger partial charge >= 0.3 is 0 Å². The summed E-state index contributed by atoms with van der Waals surface area (Å²) < 4.78 is 0. The zero-order valence-electron chi connectivity index (χ0n) is 21.7. The molecule has 2 amide bonds. The van der Waals surface area contributed by atoms with Crippen LogP contribution in [-0.4, -0.2) is 33.4 Å². The van der Waals surface area contributed by atoms with Crippen LogP contribution in [0.4, 0.5) is 0 Å². The van der Waals surface area contributed by atoms with Crippen LogP contribution in [-0.2, 0) is 32.1 Å². The molecule has 0 bridgehead atoms. The Labute approximate surface area is 227 Å². The fourth-order valence-corrected chi connectivity index (χ4v) is 6.87. The molecule has 3 aliphatic carbocycles. The fraction of sp³-hybridized carbons (Fsp3) is 0.273. The number of aromatic hydroxyl groups is 1. The summed E-state index contributed by atoms with van der Waals surface area (Å²) in [5.74, 6) is -3.05. The largest absolute Gasteiger partial charge is 0.507 e. The highest BCUT2D eigenvalue weighted by atomic mass is 16.3. The third-order valence-electron chi connectivity index (χ3n) is 8.67. The number of allylic oxidation sites excluding steroid dienone is 7. The molecule has 6 nitrogen and oxygen atoms in total. The van der Waals surface area contributed by atoms with Gasteiger partial charge in [0.1, 0.15) is 5.75 Å². The van der Waals surface area contributed by atoms with E-state index in [2.05, 4.69) is 6.58 Å². The number of carbonyl (C=O) groups excluding carboxylic acids is 4. The molecule has 39 heavy (non-hydrogen) atoms. The lowest BCUT2D eigenvalue weighted by Crippen LogP contribution is -2.39. The fourth-order valence-electron chi connectivity index (χ4n) is 6.87. The SMILES string of the molecule is C=CCc1cccc(C2C3=CCC4C(=O)N(Cc5ccccc5)C(=O)C4C3CC3=C2C(=O)C(C)=CC3=O)c1O. The summed E-state index contributed by atoms with van der Waals surface area (Å²) >= 11 is 0. The molecule has 6 rings (SSSR count). The van der Waals surface area contributed by atoms with Gasteiger partial charge in [-0.25, -0.2) is 0 Å². The number of benzene rings is 2. The van der Waals surface area contributed by atoms with Crippen molar-refractivity contribution in [2.45, 2.75) is 38.6 Å². The van der Waals surface area contributed by atoms with Crippen molar-refractivity contribution in [3.05, 3.63) is 112 Å². The number of likely N-dealkylation sites (tertiary alicyclic amines) is 1. The van der Waals surface area contributed by atoms with Crippen LogP contribution in [0.5, 0.6) is 5.75 Å². The number of hydrogen-bond donors (Lipinski definition) is 1. The van der Waals surface area contributed by atoms with Crippen LogP contribution in [0, 0.1) is 17.8 Å². The summed E-state index contributed by atoms with van der Waals surface area (Å²) in [6, 6.07) is 14.8. The molecule has 6 heteroatoms. The number of phenols is 1. The Morgan fingerprint density at radius 1 is 1.00 bits per heavy atom. The van der Waals surface area contributed by atoms with Crippen molar-refractivity contribution in [3.8, 4) is 5.75 Å². The van der Waals surface area contributed by atoms with E-state index >= 15 is 0 Å². The topological polar surface area (TPSA) is 91.8 Å². The van der Waals surface area contributed by atoms with Crippen LogP contribution in [0.15, 0.2) is 95.6 Å². The second-order valence-corrected chi connectivity index (χ2v) is 10.8. The van der Waals surface area contributed by atoms with Crippen LogP contribution < -0.4 is 0 Å². The molecule has 196 valence electrons. The van der Waals surface area contributed by atoms with E-state index in [0.29, 0.717) is 40.7 Å². The first-order chi connectivity index (χ1) is 18.8. The minimum absolute atomic E-state index is 0.0601. The van der Waals surface area contributed by atoms with Crippen LogP contribution in [0.2, 0.25) is 0 Å². The Morgan fingerprint density at radius 3 is 2.51 bits per heavy atom. The number of para-hydroxylation sites is 1. The Balaban J connectivity index is 1.47. The lowest BCUT2D eigenvalue weighted by Gasteiger charge is -2.42. The van der Waals surface area contributed by atoms with Crippen molar-refractivity contribution in [3.63, 3.8) is 0 Å². The van der Waals surface area contributed by atoms with E-state index in [0.717, 1.165) is 11.1 Å². The quantitative estimate of drug-likeness (QED) is 0.350. The second-order valence-electron chi connectivity index (χ2n) is 10.8. The van der Waals surface area contributed by atoms with Crippen LogP contribution >= 0.6 is 0 Å². The second kappa shape index (κ2) is 9.45. The molecule has 0 spiro atoms. The highest BCUT2D eigenvalue weighted by Gasteiger charge is 2.56. The number of hydrogen-bond acceptors (Lipinski definition) is 5. The molecule has 2 aromatic carbocycles. The number of imide groups is 1. The number of phenolic OH excluding ortho intramolecular Hbond substituents is 1. The lowest BCUT2D eigenvalue weighted by atomic mass is 9.59. The molecule has 4 aliphatic rings. The maximum Gasteiger partial charge on any atom is 0.234 e. The number of amides is 2. The maximum absolute atomic E-state index is 13.9. The summed E-state index contributed by atoms with van der Waals surface area (Å²) in [6.07, 6.45) is 6.07. The van der Waals surface area contributed by atoms with E-state index in [1.54, 1.807) is 25.1 Å². The summed E-state index contributed by atoms with van der Waals surface area (Å²) in [6.45, 7) is 5.61. The molecule has 1 fully saturated rings. The molecule has 4 unspecified atom stereocenters. The summed E-state index contributed by atoms with van der Waals surface area (Å²) in [5, 5.41) is 11.3. The predicted molar refractivity (Wildman–Crippen MR) is 145 cm³/mol. The van der Waals surface area contributed by atoms with Crippen LogP contribution in [0.25, 0.3) is 0 Å². The predicted octanol–water partition coefficient (Wildman–Crippen LogP) is 4.75. The lowest BCUT2D eigenvalue weighted by molar-refractivity contribution is -0.140. The molecule has 0 radical (unpaired) electrons. The molecule has 2 aromatic rings. The minimum Gasteiger partial charge on any atom is -0.507 e. The highest BCUT2D eigenvalue weighted by molar-refractivity contribution is 6.24. The smallest absolute Gasteiger partial charge is 0.234 e. The van der Waals surface area contributed by atoms with Crippen LogP contribution in [0.1, 0.15) is 42.4 Å². The van der Waals surface area contributed by atoms with Crippen LogP contribution in [0.3, 0.4) is 0 Å². The Morgan fingerprint density at radius 2 is 1.77 bits per heavy atom. The molecule has 0 saturated carbocycles. The van der Waals surface area contributed by atoms with Crippen molar-refractivity contribution in [1.29, 1.82) is 0 Å². The molecular formula is C33H29NO5. The third-order valence-corrected chi connectivity index (χ3v) is 8.67. The van der Waals surface area contributed by atoms with Gasteiger partial charge in [0.05, 0.1) is 18.4 Å².